The highest BCUT2D eigenvalue weighted by Gasteiger charge is 2.08. The van der Waals surface area contributed by atoms with Gasteiger partial charge >= 0.3 is 0 Å². The number of nitrogens with zero attached hydrogens (tertiary/aromatic N) is 1. The van der Waals surface area contributed by atoms with E-state index >= 15 is 0 Å². The van der Waals surface area contributed by atoms with Gasteiger partial charge in [-0.15, -0.1) is 11.3 Å². The average molecular weight is 281 g/mol. The number of rotatable bonds is 6. The fraction of sp³-hybridized carbons (Fsp3) is 0.308. The van der Waals surface area contributed by atoms with E-state index in [0.717, 1.165) is 15.8 Å². The normalized spacial score (nSPS) is 12.3. The molecule has 0 amide bonds. The molecule has 0 fully saturated rings. The predicted molar refractivity (Wildman–Crippen MR) is 75.5 cm³/mol. The van der Waals surface area contributed by atoms with Gasteiger partial charge in [-0.1, -0.05) is 30.0 Å². The summed E-state index contributed by atoms with van der Waals surface area (Å²) in [5.74, 6) is 1.38. The molecule has 1 aromatic heterocycles. The molecule has 5 heteroatoms. The minimum absolute atomic E-state index is 0.307. The van der Waals surface area contributed by atoms with Gasteiger partial charge in [-0.3, -0.25) is 0 Å². The zero-order valence-corrected chi connectivity index (χ0v) is 11.7. The molecule has 2 rings (SSSR count). The zero-order chi connectivity index (χ0) is 12.8. The van der Waals surface area contributed by atoms with Gasteiger partial charge in [0.1, 0.15) is 16.7 Å². The van der Waals surface area contributed by atoms with Crippen molar-refractivity contribution in [2.45, 2.75) is 17.4 Å². The number of para-hydroxylation sites is 1. The number of ether oxygens (including phenoxy) is 1. The van der Waals surface area contributed by atoms with Crippen LogP contribution in [-0.4, -0.2) is 28.6 Å². The van der Waals surface area contributed by atoms with Crippen LogP contribution < -0.4 is 4.74 Å². The van der Waals surface area contributed by atoms with Gasteiger partial charge in [-0.2, -0.15) is 0 Å². The summed E-state index contributed by atoms with van der Waals surface area (Å²) < 4.78 is 6.47. The molecule has 0 radical (unpaired) electrons. The van der Waals surface area contributed by atoms with Crippen molar-refractivity contribution in [1.82, 2.24) is 4.98 Å². The Hall–Kier alpha value is -1.04. The van der Waals surface area contributed by atoms with Gasteiger partial charge in [0.15, 0.2) is 0 Å². The Labute approximate surface area is 115 Å². The van der Waals surface area contributed by atoms with Crippen molar-refractivity contribution in [1.29, 1.82) is 0 Å². The molecule has 0 aliphatic heterocycles. The molecule has 0 aliphatic carbocycles. The first-order chi connectivity index (χ1) is 8.74. The summed E-state index contributed by atoms with van der Waals surface area (Å²) in [6.45, 7) is 2.27. The smallest absolute Gasteiger partial charge is 0.150 e. The molecule has 0 unspecified atom stereocenters. The van der Waals surface area contributed by atoms with Crippen LogP contribution in [0.5, 0.6) is 5.75 Å². The summed E-state index contributed by atoms with van der Waals surface area (Å²) in [4.78, 5) is 4.33. The number of thiazole rings is 1. The molecule has 0 bridgehead atoms. The largest absolute Gasteiger partial charge is 0.491 e. The minimum atomic E-state index is -0.487. The summed E-state index contributed by atoms with van der Waals surface area (Å²) in [7, 11) is 0. The molecule has 96 valence electrons. The van der Waals surface area contributed by atoms with Gasteiger partial charge in [-0.25, -0.2) is 4.98 Å². The lowest BCUT2D eigenvalue weighted by Gasteiger charge is -2.11. The molecule has 18 heavy (non-hydrogen) atoms. The summed E-state index contributed by atoms with van der Waals surface area (Å²) in [5.41, 5.74) is 1.03. The highest BCUT2D eigenvalue weighted by atomic mass is 32.2. The summed E-state index contributed by atoms with van der Waals surface area (Å²) in [6, 6.07) is 9.52. The molecule has 1 atom stereocenters. The van der Waals surface area contributed by atoms with Crippen molar-refractivity contribution in [2.75, 3.05) is 12.4 Å². The Kier molecular flexibility index (Phi) is 5.04. The monoisotopic (exact) mass is 281 g/mol. The highest BCUT2D eigenvalue weighted by Crippen LogP contribution is 2.23. The van der Waals surface area contributed by atoms with Gasteiger partial charge in [0.05, 0.1) is 6.10 Å². The first kappa shape index (κ1) is 13.4. The maximum atomic E-state index is 9.81. The van der Waals surface area contributed by atoms with Crippen LogP contribution in [0.1, 0.15) is 5.69 Å². The molecule has 0 aliphatic rings. The Morgan fingerprint density at radius 2 is 2.17 bits per heavy atom. The van der Waals surface area contributed by atoms with E-state index in [9.17, 15) is 5.11 Å². The fourth-order valence-electron chi connectivity index (χ4n) is 1.32. The van der Waals surface area contributed by atoms with Gasteiger partial charge in [0, 0.05) is 16.8 Å². The summed E-state index contributed by atoms with van der Waals surface area (Å²) >= 11 is 3.17. The Morgan fingerprint density at radius 3 is 2.83 bits per heavy atom. The van der Waals surface area contributed by atoms with E-state index in [4.69, 9.17) is 4.74 Å². The molecule has 1 N–H and O–H groups in total. The van der Waals surface area contributed by atoms with Crippen LogP contribution in [0.2, 0.25) is 0 Å². The van der Waals surface area contributed by atoms with Crippen molar-refractivity contribution >= 4 is 23.1 Å². The number of aryl methyl sites for hydroxylation is 1. The first-order valence-corrected chi connectivity index (χ1v) is 7.51. The Balaban J connectivity index is 1.71. The second-order valence-corrected chi connectivity index (χ2v) is 5.97. The van der Waals surface area contributed by atoms with Gasteiger partial charge in [-0.05, 0) is 19.1 Å². The number of hydrogen-bond donors (Lipinski definition) is 1. The Bertz CT molecular complexity index is 473. The molecule has 1 aromatic carbocycles. The Morgan fingerprint density at radius 1 is 1.39 bits per heavy atom. The third-order valence-electron chi connectivity index (χ3n) is 2.18. The molecule has 1 heterocycles. The second-order valence-electron chi connectivity index (χ2n) is 3.84. The van der Waals surface area contributed by atoms with E-state index in [0.29, 0.717) is 12.4 Å². The summed E-state index contributed by atoms with van der Waals surface area (Å²) in [6.07, 6.45) is -0.487. The van der Waals surface area contributed by atoms with Crippen LogP contribution in [0.15, 0.2) is 40.1 Å². The third kappa shape index (κ3) is 4.33. The number of benzene rings is 1. The molecular weight excluding hydrogens is 266 g/mol. The maximum absolute atomic E-state index is 9.81. The van der Waals surface area contributed by atoms with E-state index in [1.165, 1.54) is 0 Å². The van der Waals surface area contributed by atoms with Crippen LogP contribution in [0.3, 0.4) is 0 Å². The topological polar surface area (TPSA) is 42.4 Å². The lowest BCUT2D eigenvalue weighted by molar-refractivity contribution is 0.126. The van der Waals surface area contributed by atoms with Crippen molar-refractivity contribution in [3.8, 4) is 5.75 Å². The van der Waals surface area contributed by atoms with Crippen molar-refractivity contribution in [2.24, 2.45) is 0 Å². The fourth-order valence-corrected chi connectivity index (χ4v) is 3.10. The number of aromatic nitrogens is 1. The minimum Gasteiger partial charge on any atom is -0.491 e. The van der Waals surface area contributed by atoms with Gasteiger partial charge < -0.3 is 9.84 Å². The maximum Gasteiger partial charge on any atom is 0.150 e. The lowest BCUT2D eigenvalue weighted by atomic mass is 10.3. The van der Waals surface area contributed by atoms with E-state index in [1.807, 2.05) is 42.6 Å². The number of hydrogen-bond acceptors (Lipinski definition) is 5. The van der Waals surface area contributed by atoms with E-state index in [2.05, 4.69) is 4.98 Å². The molecule has 3 nitrogen and oxygen atoms in total. The first-order valence-electron chi connectivity index (χ1n) is 5.65. The average Bonchev–Trinajstić information content (AvgIpc) is 2.81. The quantitative estimate of drug-likeness (QED) is 0.827. The van der Waals surface area contributed by atoms with Gasteiger partial charge in [0.25, 0.3) is 0 Å². The molecular formula is C13H15NO2S2. The number of aliphatic hydroxyl groups excluding tert-OH is 1. The molecule has 2 aromatic rings. The van der Waals surface area contributed by atoms with Crippen molar-refractivity contribution in [3.63, 3.8) is 0 Å². The third-order valence-corrected chi connectivity index (χ3v) is 4.47. The molecule has 0 spiro atoms. The van der Waals surface area contributed by atoms with Crippen molar-refractivity contribution < 1.29 is 9.84 Å². The lowest BCUT2D eigenvalue weighted by Crippen LogP contribution is -2.19. The number of aliphatic hydroxyl groups is 1. The van der Waals surface area contributed by atoms with E-state index in [1.54, 1.807) is 23.1 Å². The van der Waals surface area contributed by atoms with Crippen molar-refractivity contribution in [3.05, 3.63) is 41.4 Å². The SMILES string of the molecule is Cc1csc(SC[C@@H](O)COc2ccccc2)n1. The zero-order valence-electron chi connectivity index (χ0n) is 10.1. The van der Waals surface area contributed by atoms with Crippen LogP contribution in [0.25, 0.3) is 0 Å². The van der Waals surface area contributed by atoms with Crippen LogP contribution in [0, 0.1) is 6.92 Å². The summed E-state index contributed by atoms with van der Waals surface area (Å²) in [5, 5.41) is 11.8. The van der Waals surface area contributed by atoms with Crippen LogP contribution in [-0.2, 0) is 0 Å². The number of thioether (sulfide) groups is 1. The van der Waals surface area contributed by atoms with E-state index in [-0.39, 0.29) is 0 Å². The molecule has 0 saturated carbocycles. The highest BCUT2D eigenvalue weighted by molar-refractivity contribution is 8.01. The van der Waals surface area contributed by atoms with Crippen LogP contribution >= 0.6 is 23.1 Å². The standard InChI is InChI=1S/C13H15NO2S2/c1-10-8-17-13(14-10)18-9-11(15)7-16-12-5-3-2-4-6-12/h2-6,8,11,15H,7,9H2,1H3/t11-/m0/s1. The van der Waals surface area contributed by atoms with Gasteiger partial charge in [0.2, 0.25) is 0 Å². The predicted octanol–water partition coefficient (Wildman–Crippen LogP) is 2.98. The van der Waals surface area contributed by atoms with E-state index < -0.39 is 6.10 Å². The van der Waals surface area contributed by atoms with Crippen LogP contribution in [0.4, 0.5) is 0 Å². The molecule has 0 saturated heterocycles. The second kappa shape index (κ2) is 6.78.